The molecule has 0 aliphatic heterocycles. The zero-order valence-corrected chi connectivity index (χ0v) is 38.9. The molecule has 326 valence electrons. The molecule has 0 atom stereocenters. The van der Waals surface area contributed by atoms with Crippen LogP contribution < -0.4 is 0 Å². The minimum absolute atomic E-state index is 0.0509. The molecule has 3 aromatic heterocycles. The van der Waals surface area contributed by atoms with Crippen LogP contribution in [0.15, 0.2) is 176 Å². The molecule has 0 saturated carbocycles. The summed E-state index contributed by atoms with van der Waals surface area (Å²) in [6.07, 6.45) is 0. The lowest BCUT2D eigenvalue weighted by Gasteiger charge is -2.20. The van der Waals surface area contributed by atoms with Crippen LogP contribution in [0.3, 0.4) is 0 Å². The number of para-hydroxylation sites is 2. The monoisotopic (exact) mass is 877 g/mol. The Balaban J connectivity index is 1.22. The van der Waals surface area contributed by atoms with Gasteiger partial charge in [0.15, 0.2) is 17.5 Å². The van der Waals surface area contributed by atoms with Gasteiger partial charge in [0.25, 0.3) is 0 Å². The summed E-state index contributed by atoms with van der Waals surface area (Å²) in [5.41, 5.74) is 13.6. The van der Waals surface area contributed by atoms with Crippen molar-refractivity contribution in [2.45, 2.75) is 52.4 Å². The third-order valence-electron chi connectivity index (χ3n) is 13.2. The molecule has 3 heterocycles. The third-order valence-corrected chi connectivity index (χ3v) is 13.2. The molecule has 0 aliphatic carbocycles. The Morgan fingerprint density at radius 3 is 1.38 bits per heavy atom. The predicted molar refractivity (Wildman–Crippen MR) is 277 cm³/mol. The lowest BCUT2D eigenvalue weighted by molar-refractivity contribution is 0.591. The number of benzene rings is 8. The van der Waals surface area contributed by atoms with Gasteiger partial charge in [0.2, 0.25) is 0 Å². The first kappa shape index (κ1) is 42.0. The lowest BCUT2D eigenvalue weighted by atomic mass is 9.86. The van der Waals surface area contributed by atoms with Gasteiger partial charge in [0.05, 0.1) is 56.7 Å². The van der Waals surface area contributed by atoms with Crippen LogP contribution in [-0.2, 0) is 10.8 Å². The quantitative estimate of drug-likeness (QED) is 0.166. The number of aromatic nitrogens is 5. The van der Waals surface area contributed by atoms with Gasteiger partial charge in [0.1, 0.15) is 0 Å². The Morgan fingerprint density at radius 2 is 0.824 bits per heavy atom. The molecule has 0 amide bonds. The van der Waals surface area contributed by atoms with E-state index in [9.17, 15) is 10.5 Å². The van der Waals surface area contributed by atoms with Crippen molar-refractivity contribution in [3.8, 4) is 68.8 Å². The predicted octanol–water partition coefficient (Wildman–Crippen LogP) is 15.1. The van der Waals surface area contributed by atoms with Crippen molar-refractivity contribution in [2.24, 2.45) is 0 Å². The van der Waals surface area contributed by atoms with Gasteiger partial charge in [-0.2, -0.15) is 10.5 Å². The molecule has 0 spiro atoms. The summed E-state index contributed by atoms with van der Waals surface area (Å²) in [4.78, 5) is 16.1. The Labute approximate surface area is 395 Å². The molecule has 0 N–H and O–H groups in total. The van der Waals surface area contributed by atoms with E-state index < -0.39 is 0 Å². The lowest BCUT2D eigenvalue weighted by Crippen LogP contribution is -2.10. The van der Waals surface area contributed by atoms with E-state index in [1.165, 1.54) is 11.1 Å². The van der Waals surface area contributed by atoms with Gasteiger partial charge in [-0.1, -0.05) is 139 Å². The fourth-order valence-corrected chi connectivity index (χ4v) is 9.56. The molecule has 7 heteroatoms. The molecule has 0 radical (unpaired) electrons. The van der Waals surface area contributed by atoms with Crippen LogP contribution in [-0.4, -0.2) is 24.1 Å². The van der Waals surface area contributed by atoms with Crippen LogP contribution in [0.1, 0.15) is 63.8 Å². The van der Waals surface area contributed by atoms with E-state index in [0.717, 1.165) is 82.8 Å². The van der Waals surface area contributed by atoms with Gasteiger partial charge in [-0.25, -0.2) is 15.0 Å². The van der Waals surface area contributed by atoms with E-state index in [4.69, 9.17) is 15.0 Å². The second kappa shape index (κ2) is 16.0. The molecule has 68 heavy (non-hydrogen) atoms. The standard InChI is InChI=1S/C61H47N7/c1-60(2,3)43-25-29-53-49(34-43)45-19-10-12-21-51(45)67(53)55-32-39(37-63)23-27-47(55)58-64-57(40-16-8-7-9-17-40)65-59(66-58)48-28-24-42(41-18-14-15-38(31-41)36-62)33-56(48)68-52-22-13-11-20-46(52)50-35-44(61(4,5)6)26-30-54(50)68/h7-35H,1-6H3. The van der Waals surface area contributed by atoms with Crippen LogP contribution in [0.4, 0.5) is 0 Å². The summed E-state index contributed by atoms with van der Waals surface area (Å²) in [5, 5.41) is 24.9. The van der Waals surface area contributed by atoms with E-state index in [1.54, 1.807) is 0 Å². The minimum atomic E-state index is -0.0533. The highest BCUT2D eigenvalue weighted by molar-refractivity contribution is 6.11. The number of fused-ring (bicyclic) bond motifs is 6. The van der Waals surface area contributed by atoms with E-state index in [2.05, 4.69) is 166 Å². The smallest absolute Gasteiger partial charge is 0.166 e. The van der Waals surface area contributed by atoms with Crippen LogP contribution in [0.2, 0.25) is 0 Å². The summed E-state index contributed by atoms with van der Waals surface area (Å²) < 4.78 is 4.57. The van der Waals surface area contributed by atoms with Crippen molar-refractivity contribution in [2.75, 3.05) is 0 Å². The van der Waals surface area contributed by atoms with Gasteiger partial charge in [-0.3, -0.25) is 0 Å². The fourth-order valence-electron chi connectivity index (χ4n) is 9.56. The normalized spacial score (nSPS) is 11.9. The van der Waals surface area contributed by atoms with Gasteiger partial charge in [-0.05, 0) is 112 Å². The van der Waals surface area contributed by atoms with E-state index in [1.807, 2.05) is 72.8 Å². The molecule has 7 nitrogen and oxygen atoms in total. The van der Waals surface area contributed by atoms with Crippen molar-refractivity contribution in [3.05, 3.63) is 198 Å². The highest BCUT2D eigenvalue weighted by atomic mass is 15.1. The summed E-state index contributed by atoms with van der Waals surface area (Å²) in [6.45, 7) is 13.4. The highest BCUT2D eigenvalue weighted by Crippen LogP contribution is 2.42. The SMILES string of the molecule is CC(C)(C)c1ccc2c(c1)c1ccccc1n2-c1cc(C#N)ccc1-c1nc(-c2ccccc2)nc(-c2ccc(-c3cccc(C#N)c3)cc2-n2c3ccccc3c3cc(C(C)(C)C)ccc32)n1. The molecule has 11 aromatic rings. The minimum Gasteiger partial charge on any atom is -0.308 e. The zero-order chi connectivity index (χ0) is 46.9. The van der Waals surface area contributed by atoms with Crippen molar-refractivity contribution < 1.29 is 0 Å². The molecule has 0 bridgehead atoms. The third kappa shape index (κ3) is 7.17. The molecular weight excluding hydrogens is 831 g/mol. The van der Waals surface area contributed by atoms with E-state index in [-0.39, 0.29) is 10.8 Å². The Hall–Kier alpha value is -8.65. The highest BCUT2D eigenvalue weighted by Gasteiger charge is 2.25. The first-order chi connectivity index (χ1) is 32.9. The largest absolute Gasteiger partial charge is 0.308 e. The van der Waals surface area contributed by atoms with Crippen LogP contribution in [0, 0.1) is 22.7 Å². The molecule has 8 aromatic carbocycles. The Bertz CT molecular complexity index is 3900. The molecule has 0 aliphatic rings. The number of rotatable bonds is 6. The average Bonchev–Trinajstić information content (AvgIpc) is 3.88. The Kier molecular flexibility index (Phi) is 9.92. The maximum Gasteiger partial charge on any atom is 0.166 e. The maximum absolute atomic E-state index is 10.4. The number of hydrogen-bond acceptors (Lipinski definition) is 5. The first-order valence-corrected chi connectivity index (χ1v) is 23.0. The fraction of sp³-hybridized carbons (Fsp3) is 0.131. The van der Waals surface area contributed by atoms with Gasteiger partial charge in [-0.15, -0.1) is 0 Å². The number of nitrogens with zero attached hydrogens (tertiary/aromatic N) is 7. The molecule has 0 saturated heterocycles. The summed E-state index contributed by atoms with van der Waals surface area (Å²) >= 11 is 0. The summed E-state index contributed by atoms with van der Waals surface area (Å²) in [7, 11) is 0. The second-order valence-electron chi connectivity index (χ2n) is 19.6. The summed E-state index contributed by atoms with van der Waals surface area (Å²) in [5.74, 6) is 1.48. The van der Waals surface area contributed by atoms with Gasteiger partial charge >= 0.3 is 0 Å². The van der Waals surface area contributed by atoms with Crippen molar-refractivity contribution in [1.29, 1.82) is 10.5 Å². The molecule has 0 unspecified atom stereocenters. The summed E-state index contributed by atoms with van der Waals surface area (Å²) in [6, 6.07) is 65.1. The number of hydrogen-bond donors (Lipinski definition) is 0. The van der Waals surface area contributed by atoms with Gasteiger partial charge in [0, 0.05) is 38.2 Å². The molecular formula is C61H47N7. The van der Waals surface area contributed by atoms with Crippen LogP contribution in [0.25, 0.3) is 100 Å². The average molecular weight is 878 g/mol. The Morgan fingerprint density at radius 1 is 0.368 bits per heavy atom. The molecule has 11 rings (SSSR count). The van der Waals surface area contributed by atoms with Crippen LogP contribution >= 0.6 is 0 Å². The van der Waals surface area contributed by atoms with Crippen molar-refractivity contribution in [1.82, 2.24) is 24.1 Å². The maximum atomic E-state index is 10.4. The zero-order valence-electron chi connectivity index (χ0n) is 38.9. The van der Waals surface area contributed by atoms with E-state index in [0.29, 0.717) is 28.6 Å². The van der Waals surface area contributed by atoms with Crippen LogP contribution in [0.5, 0.6) is 0 Å². The van der Waals surface area contributed by atoms with E-state index >= 15 is 0 Å². The van der Waals surface area contributed by atoms with Crippen molar-refractivity contribution in [3.63, 3.8) is 0 Å². The van der Waals surface area contributed by atoms with Crippen molar-refractivity contribution >= 4 is 43.6 Å². The second-order valence-corrected chi connectivity index (χ2v) is 19.6. The first-order valence-electron chi connectivity index (χ1n) is 23.0. The molecule has 0 fully saturated rings. The number of nitriles is 2. The topological polar surface area (TPSA) is 96.1 Å². The van der Waals surface area contributed by atoms with Gasteiger partial charge < -0.3 is 9.13 Å².